The summed E-state index contributed by atoms with van der Waals surface area (Å²) in [5.41, 5.74) is 3.54. The van der Waals surface area contributed by atoms with Gasteiger partial charge in [-0.2, -0.15) is 0 Å². The van der Waals surface area contributed by atoms with Crippen LogP contribution in [0.15, 0.2) is 30.0 Å². The lowest BCUT2D eigenvalue weighted by atomic mass is 9.94. The fraction of sp³-hybridized carbons (Fsp3) is 0.500. The first-order valence-electron chi connectivity index (χ1n) is 9.49. The number of hydrogen-bond acceptors (Lipinski definition) is 5. The Labute approximate surface area is 163 Å². The van der Waals surface area contributed by atoms with E-state index in [-0.39, 0.29) is 17.9 Å². The lowest BCUT2D eigenvalue weighted by Crippen LogP contribution is -2.47. The molecule has 5 rings (SSSR count). The highest BCUT2D eigenvalue weighted by molar-refractivity contribution is 7.09. The van der Waals surface area contributed by atoms with Crippen LogP contribution >= 0.6 is 11.3 Å². The first-order valence-corrected chi connectivity index (χ1v) is 10.4. The molecule has 0 unspecified atom stereocenters. The Balaban J connectivity index is 1.42. The molecule has 27 heavy (non-hydrogen) atoms. The summed E-state index contributed by atoms with van der Waals surface area (Å²) >= 11 is 1.62. The van der Waals surface area contributed by atoms with E-state index in [4.69, 9.17) is 0 Å². The minimum Gasteiger partial charge on any atom is -0.338 e. The molecule has 3 aliphatic heterocycles. The van der Waals surface area contributed by atoms with Crippen molar-refractivity contribution in [3.8, 4) is 0 Å². The molecule has 0 saturated carbocycles. The zero-order chi connectivity index (χ0) is 18.8. The van der Waals surface area contributed by atoms with Gasteiger partial charge >= 0.3 is 0 Å². The lowest BCUT2D eigenvalue weighted by Gasteiger charge is -2.36. The third-order valence-corrected chi connectivity index (χ3v) is 6.65. The topological polar surface area (TPSA) is 66.4 Å². The Hall–Kier alpha value is -2.28. The van der Waals surface area contributed by atoms with Gasteiger partial charge in [0.1, 0.15) is 0 Å². The summed E-state index contributed by atoms with van der Waals surface area (Å²) in [6.07, 6.45) is 6.64. The molecule has 3 saturated heterocycles. The Morgan fingerprint density at radius 3 is 2.74 bits per heavy atom. The first kappa shape index (κ1) is 18.1. The molecule has 0 aliphatic carbocycles. The second-order valence-electron chi connectivity index (χ2n) is 7.45. The van der Waals surface area contributed by atoms with E-state index >= 15 is 0 Å². The predicted octanol–water partition coefficient (Wildman–Crippen LogP) is 2.54. The highest BCUT2D eigenvalue weighted by Crippen LogP contribution is 2.29. The van der Waals surface area contributed by atoms with Crippen molar-refractivity contribution in [1.82, 2.24) is 19.8 Å². The van der Waals surface area contributed by atoms with Crippen molar-refractivity contribution in [2.24, 2.45) is 5.92 Å². The number of hydrogen-bond donors (Lipinski definition) is 0. The van der Waals surface area contributed by atoms with Crippen LogP contribution in [0, 0.1) is 12.8 Å². The quantitative estimate of drug-likeness (QED) is 0.813. The molecule has 2 atom stereocenters. The fourth-order valence-corrected chi connectivity index (χ4v) is 4.94. The molecular formula is C20H24N4O2S. The minimum atomic E-state index is 0.0453. The van der Waals surface area contributed by atoms with E-state index in [9.17, 15) is 9.59 Å². The van der Waals surface area contributed by atoms with Gasteiger partial charge in [0.25, 0.3) is 5.91 Å². The van der Waals surface area contributed by atoms with Crippen LogP contribution < -0.4 is 0 Å². The monoisotopic (exact) mass is 384 g/mol. The number of amides is 2. The molecule has 3 fully saturated rings. The molecule has 142 valence electrons. The van der Waals surface area contributed by atoms with Gasteiger partial charge in [0.2, 0.25) is 5.91 Å². The van der Waals surface area contributed by atoms with Crippen molar-refractivity contribution in [1.29, 1.82) is 0 Å². The summed E-state index contributed by atoms with van der Waals surface area (Å²) < 4.78 is 0. The number of pyridine rings is 1. The van der Waals surface area contributed by atoms with E-state index in [1.807, 2.05) is 22.2 Å². The number of piperidine rings is 1. The number of carbonyl (C=O) groups excluding carboxylic acids is 2. The van der Waals surface area contributed by atoms with Crippen molar-refractivity contribution < 1.29 is 9.59 Å². The SMILES string of the molecule is Cc1ncsc1CCC(=O)N1C[C@H]2CC[C@@H]1CN(C(=O)c1ccncc1)C2. The predicted molar refractivity (Wildman–Crippen MR) is 104 cm³/mol. The van der Waals surface area contributed by atoms with E-state index in [1.54, 1.807) is 35.9 Å². The van der Waals surface area contributed by atoms with Crippen molar-refractivity contribution in [3.05, 3.63) is 46.2 Å². The Bertz CT molecular complexity index is 822. The van der Waals surface area contributed by atoms with E-state index in [0.717, 1.165) is 38.0 Å². The van der Waals surface area contributed by atoms with Crippen LogP contribution in [0.1, 0.15) is 40.2 Å². The number of carbonyl (C=O) groups is 2. The molecule has 0 N–H and O–H groups in total. The number of thiazole rings is 1. The maximum atomic E-state index is 12.9. The number of aromatic nitrogens is 2. The minimum absolute atomic E-state index is 0.0453. The van der Waals surface area contributed by atoms with E-state index in [2.05, 4.69) is 9.97 Å². The van der Waals surface area contributed by atoms with Gasteiger partial charge in [-0.05, 0) is 44.2 Å². The summed E-state index contributed by atoms with van der Waals surface area (Å²) in [7, 11) is 0. The summed E-state index contributed by atoms with van der Waals surface area (Å²) in [4.78, 5) is 39.2. The summed E-state index contributed by atoms with van der Waals surface area (Å²) in [5, 5.41) is 0. The van der Waals surface area contributed by atoms with Gasteiger partial charge in [-0.1, -0.05) is 0 Å². The summed E-state index contributed by atoms with van der Waals surface area (Å²) in [5.74, 6) is 0.614. The van der Waals surface area contributed by atoms with Gasteiger partial charge in [0.05, 0.1) is 11.2 Å². The summed E-state index contributed by atoms with van der Waals surface area (Å²) in [6, 6.07) is 3.65. The maximum Gasteiger partial charge on any atom is 0.254 e. The van der Waals surface area contributed by atoms with Crippen LogP contribution in [0.25, 0.3) is 0 Å². The van der Waals surface area contributed by atoms with Gasteiger partial charge in [-0.25, -0.2) is 4.98 Å². The Morgan fingerprint density at radius 2 is 2.00 bits per heavy atom. The van der Waals surface area contributed by atoms with E-state index < -0.39 is 0 Å². The first-order chi connectivity index (χ1) is 13.1. The average Bonchev–Trinajstić information content (AvgIpc) is 2.91. The second-order valence-corrected chi connectivity index (χ2v) is 8.39. The highest BCUT2D eigenvalue weighted by Gasteiger charge is 2.38. The van der Waals surface area contributed by atoms with Crippen LogP contribution in [0.3, 0.4) is 0 Å². The highest BCUT2D eigenvalue weighted by atomic mass is 32.1. The lowest BCUT2D eigenvalue weighted by molar-refractivity contribution is -0.135. The van der Waals surface area contributed by atoms with Crippen LogP contribution in [0.5, 0.6) is 0 Å². The third kappa shape index (κ3) is 3.88. The molecule has 0 radical (unpaired) electrons. The molecule has 2 amide bonds. The van der Waals surface area contributed by atoms with Gasteiger partial charge in [-0.3, -0.25) is 14.6 Å². The molecule has 2 aromatic rings. The van der Waals surface area contributed by atoms with Gasteiger partial charge < -0.3 is 9.80 Å². The number of nitrogens with zero attached hydrogens (tertiary/aromatic N) is 4. The number of fused-ring (bicyclic) bond motifs is 4. The smallest absolute Gasteiger partial charge is 0.254 e. The largest absolute Gasteiger partial charge is 0.338 e. The molecule has 0 aromatic carbocycles. The van der Waals surface area contributed by atoms with Crippen molar-refractivity contribution in [2.45, 2.75) is 38.6 Å². The Kier molecular flexibility index (Phi) is 5.20. The van der Waals surface area contributed by atoms with Crippen LogP contribution in [0.4, 0.5) is 0 Å². The van der Waals surface area contributed by atoms with Crippen LogP contribution in [-0.2, 0) is 11.2 Å². The number of rotatable bonds is 4. The van der Waals surface area contributed by atoms with E-state index in [0.29, 0.717) is 24.4 Å². The van der Waals surface area contributed by atoms with Crippen LogP contribution in [-0.4, -0.2) is 57.3 Å². The molecule has 2 bridgehead atoms. The molecule has 0 spiro atoms. The Morgan fingerprint density at radius 1 is 1.19 bits per heavy atom. The third-order valence-electron chi connectivity index (χ3n) is 5.66. The molecule has 3 aliphatic rings. The second kappa shape index (κ2) is 7.76. The van der Waals surface area contributed by atoms with Gasteiger partial charge in [0, 0.05) is 54.9 Å². The standard InChI is InChI=1S/C20H24N4O2S/c1-14-18(27-13-22-14)4-5-19(25)24-11-15-2-3-17(24)12-23(10-15)20(26)16-6-8-21-9-7-16/h6-9,13,15,17H,2-5,10-12H2,1H3/t15-,17+/m0/s1. The average molecular weight is 385 g/mol. The zero-order valence-electron chi connectivity index (χ0n) is 15.5. The maximum absolute atomic E-state index is 12.9. The normalized spacial score (nSPS) is 22.0. The zero-order valence-corrected chi connectivity index (χ0v) is 16.3. The fourth-order valence-electron chi connectivity index (χ4n) is 4.16. The summed E-state index contributed by atoms with van der Waals surface area (Å²) in [6.45, 7) is 4.12. The molecule has 6 nitrogen and oxygen atoms in total. The van der Waals surface area contributed by atoms with Crippen LogP contribution in [0.2, 0.25) is 0 Å². The van der Waals surface area contributed by atoms with Gasteiger partial charge in [-0.15, -0.1) is 11.3 Å². The van der Waals surface area contributed by atoms with Crippen molar-refractivity contribution in [2.75, 3.05) is 19.6 Å². The van der Waals surface area contributed by atoms with Crippen molar-refractivity contribution in [3.63, 3.8) is 0 Å². The molecule has 5 heterocycles. The molecule has 2 aromatic heterocycles. The van der Waals surface area contributed by atoms with E-state index in [1.165, 1.54) is 4.88 Å². The molecular weight excluding hydrogens is 360 g/mol. The molecule has 7 heteroatoms. The van der Waals surface area contributed by atoms with Gasteiger partial charge in [0.15, 0.2) is 0 Å². The number of aryl methyl sites for hydroxylation is 2. The van der Waals surface area contributed by atoms with Crippen molar-refractivity contribution >= 4 is 23.2 Å².